The summed E-state index contributed by atoms with van der Waals surface area (Å²) in [4.78, 5) is 24.0. The number of rotatable bonds is 4. The summed E-state index contributed by atoms with van der Waals surface area (Å²) >= 11 is 0. The van der Waals surface area contributed by atoms with Crippen molar-refractivity contribution in [2.75, 3.05) is 0 Å². The molecule has 0 radical (unpaired) electrons. The first-order valence-electron chi connectivity index (χ1n) is 7.60. The van der Waals surface area contributed by atoms with Crippen molar-refractivity contribution < 1.29 is 13.6 Å². The molecule has 0 unspecified atom stereocenters. The molecule has 1 N–H and O–H groups in total. The molecule has 0 atom stereocenters. The lowest BCUT2D eigenvalue weighted by Crippen LogP contribution is -2.37. The molecule has 1 fully saturated rings. The van der Waals surface area contributed by atoms with Crippen LogP contribution in [0.4, 0.5) is 8.78 Å². The molecule has 0 bridgehead atoms. The van der Waals surface area contributed by atoms with Crippen molar-refractivity contribution in [1.82, 2.24) is 24.8 Å². The monoisotopic (exact) mass is 321 g/mol. The summed E-state index contributed by atoms with van der Waals surface area (Å²) in [6.45, 7) is 0. The SMILES string of the molecule is O=C(NC1CCCCC1)c1nc(C(F)F)cc(-n2ccnc2)n1. The number of alkyl halides is 2. The van der Waals surface area contributed by atoms with Gasteiger partial charge >= 0.3 is 0 Å². The normalized spacial score (nSPS) is 15.8. The number of amides is 1. The van der Waals surface area contributed by atoms with E-state index >= 15 is 0 Å². The maximum absolute atomic E-state index is 13.0. The van der Waals surface area contributed by atoms with Gasteiger partial charge < -0.3 is 5.32 Å². The Balaban J connectivity index is 1.86. The van der Waals surface area contributed by atoms with E-state index in [2.05, 4.69) is 20.3 Å². The molecule has 0 aliphatic heterocycles. The van der Waals surface area contributed by atoms with Gasteiger partial charge in [-0.25, -0.2) is 23.7 Å². The van der Waals surface area contributed by atoms with E-state index in [1.165, 1.54) is 17.1 Å². The standard InChI is InChI=1S/C15H17F2N5O/c16-13(17)11-8-12(22-7-6-18-9-22)21-14(20-11)15(23)19-10-4-2-1-3-5-10/h6-10,13H,1-5H2,(H,19,23). The van der Waals surface area contributed by atoms with Crippen molar-refractivity contribution in [3.05, 3.63) is 36.3 Å². The summed E-state index contributed by atoms with van der Waals surface area (Å²) in [5.41, 5.74) is -0.475. The largest absolute Gasteiger partial charge is 0.347 e. The van der Waals surface area contributed by atoms with Crippen LogP contribution in [0.15, 0.2) is 24.8 Å². The average Bonchev–Trinajstić information content (AvgIpc) is 3.10. The van der Waals surface area contributed by atoms with Crippen LogP contribution in [-0.2, 0) is 0 Å². The Morgan fingerprint density at radius 1 is 1.26 bits per heavy atom. The molecule has 6 nitrogen and oxygen atoms in total. The second kappa shape index (κ2) is 6.80. The lowest BCUT2D eigenvalue weighted by molar-refractivity contribution is 0.0914. The Kier molecular flexibility index (Phi) is 4.59. The van der Waals surface area contributed by atoms with Crippen LogP contribution in [0.5, 0.6) is 0 Å². The molecular weight excluding hydrogens is 304 g/mol. The maximum Gasteiger partial charge on any atom is 0.289 e. The molecule has 2 heterocycles. The van der Waals surface area contributed by atoms with E-state index in [0.29, 0.717) is 0 Å². The zero-order chi connectivity index (χ0) is 16.2. The minimum atomic E-state index is -2.78. The third-order valence-corrected chi connectivity index (χ3v) is 3.87. The summed E-state index contributed by atoms with van der Waals surface area (Å²) in [5, 5.41) is 2.84. The Hall–Kier alpha value is -2.38. The van der Waals surface area contributed by atoms with Crippen LogP contribution in [0.25, 0.3) is 5.82 Å². The molecule has 1 amide bonds. The number of carbonyl (C=O) groups excluding carboxylic acids is 1. The number of carbonyl (C=O) groups is 1. The van der Waals surface area contributed by atoms with Crippen LogP contribution in [-0.4, -0.2) is 31.5 Å². The zero-order valence-corrected chi connectivity index (χ0v) is 12.5. The number of nitrogens with one attached hydrogen (secondary N) is 1. The fourth-order valence-electron chi connectivity index (χ4n) is 2.69. The molecule has 23 heavy (non-hydrogen) atoms. The number of halogens is 2. The van der Waals surface area contributed by atoms with Crippen molar-refractivity contribution in [2.24, 2.45) is 0 Å². The number of hydrogen-bond donors (Lipinski definition) is 1. The summed E-state index contributed by atoms with van der Waals surface area (Å²) < 4.78 is 27.6. The van der Waals surface area contributed by atoms with Gasteiger partial charge in [-0.1, -0.05) is 19.3 Å². The van der Waals surface area contributed by atoms with E-state index in [1.807, 2.05) is 0 Å². The van der Waals surface area contributed by atoms with Gasteiger partial charge in [0.05, 0.1) is 0 Å². The van der Waals surface area contributed by atoms with Crippen molar-refractivity contribution in [3.8, 4) is 5.82 Å². The van der Waals surface area contributed by atoms with Gasteiger partial charge in [-0.15, -0.1) is 0 Å². The van der Waals surface area contributed by atoms with Gasteiger partial charge in [0, 0.05) is 24.5 Å². The van der Waals surface area contributed by atoms with Crippen LogP contribution in [0, 0.1) is 0 Å². The molecule has 1 saturated carbocycles. The smallest absolute Gasteiger partial charge is 0.289 e. The summed E-state index contributed by atoms with van der Waals surface area (Å²) in [6.07, 6.45) is 6.80. The van der Waals surface area contributed by atoms with Gasteiger partial charge in [-0.05, 0) is 12.8 Å². The van der Waals surface area contributed by atoms with E-state index in [0.717, 1.165) is 38.2 Å². The molecular formula is C15H17F2N5O. The van der Waals surface area contributed by atoms with Crippen molar-refractivity contribution in [3.63, 3.8) is 0 Å². The summed E-state index contributed by atoms with van der Waals surface area (Å²) in [6, 6.07) is 1.22. The lowest BCUT2D eigenvalue weighted by atomic mass is 9.95. The van der Waals surface area contributed by atoms with E-state index in [4.69, 9.17) is 0 Å². The van der Waals surface area contributed by atoms with Gasteiger partial charge in [-0.3, -0.25) is 9.36 Å². The van der Waals surface area contributed by atoms with E-state index in [9.17, 15) is 13.6 Å². The highest BCUT2D eigenvalue weighted by Crippen LogP contribution is 2.20. The third kappa shape index (κ3) is 3.69. The summed E-state index contributed by atoms with van der Waals surface area (Å²) in [7, 11) is 0. The number of aromatic nitrogens is 4. The number of hydrogen-bond acceptors (Lipinski definition) is 4. The molecule has 0 aromatic carbocycles. The van der Waals surface area contributed by atoms with Crippen LogP contribution < -0.4 is 5.32 Å². The maximum atomic E-state index is 13.0. The van der Waals surface area contributed by atoms with Gasteiger partial charge in [0.25, 0.3) is 12.3 Å². The highest BCUT2D eigenvalue weighted by atomic mass is 19.3. The second-order valence-corrected chi connectivity index (χ2v) is 5.55. The molecule has 122 valence electrons. The Morgan fingerprint density at radius 3 is 2.70 bits per heavy atom. The van der Waals surface area contributed by atoms with Gasteiger partial charge in [-0.2, -0.15) is 0 Å². The quantitative estimate of drug-likeness (QED) is 0.939. The molecule has 0 spiro atoms. The topological polar surface area (TPSA) is 72.7 Å². The first-order chi connectivity index (χ1) is 11.1. The highest BCUT2D eigenvalue weighted by molar-refractivity contribution is 5.90. The van der Waals surface area contributed by atoms with Crippen LogP contribution >= 0.6 is 0 Å². The highest BCUT2D eigenvalue weighted by Gasteiger charge is 2.21. The zero-order valence-electron chi connectivity index (χ0n) is 12.5. The number of imidazole rings is 1. The molecule has 2 aromatic rings. The van der Waals surface area contributed by atoms with Crippen molar-refractivity contribution in [1.29, 1.82) is 0 Å². The third-order valence-electron chi connectivity index (χ3n) is 3.87. The van der Waals surface area contributed by atoms with E-state index < -0.39 is 18.0 Å². The fourth-order valence-corrected chi connectivity index (χ4v) is 2.69. The van der Waals surface area contributed by atoms with Crippen LogP contribution in [0.3, 0.4) is 0 Å². The van der Waals surface area contributed by atoms with E-state index in [-0.39, 0.29) is 17.7 Å². The Labute approximate surface area is 132 Å². The minimum absolute atomic E-state index is 0.0618. The van der Waals surface area contributed by atoms with Gasteiger partial charge in [0.15, 0.2) is 0 Å². The van der Waals surface area contributed by atoms with Crippen LogP contribution in [0.1, 0.15) is 54.8 Å². The molecule has 2 aromatic heterocycles. The molecule has 0 saturated heterocycles. The Bertz CT molecular complexity index is 669. The first-order valence-corrected chi connectivity index (χ1v) is 7.60. The van der Waals surface area contributed by atoms with E-state index in [1.54, 1.807) is 6.20 Å². The Morgan fingerprint density at radius 2 is 2.04 bits per heavy atom. The second-order valence-electron chi connectivity index (χ2n) is 5.55. The lowest BCUT2D eigenvalue weighted by Gasteiger charge is -2.22. The van der Waals surface area contributed by atoms with Gasteiger partial charge in [0.1, 0.15) is 17.8 Å². The van der Waals surface area contributed by atoms with Crippen molar-refractivity contribution in [2.45, 2.75) is 44.6 Å². The fraction of sp³-hybridized carbons (Fsp3) is 0.467. The summed E-state index contributed by atoms with van der Waals surface area (Å²) in [5.74, 6) is -0.556. The first kappa shape index (κ1) is 15.5. The predicted molar refractivity (Wildman–Crippen MR) is 78.5 cm³/mol. The molecule has 1 aliphatic carbocycles. The predicted octanol–water partition coefficient (Wildman–Crippen LogP) is 2.66. The van der Waals surface area contributed by atoms with Crippen molar-refractivity contribution >= 4 is 5.91 Å². The molecule has 3 rings (SSSR count). The van der Waals surface area contributed by atoms with Crippen LogP contribution in [0.2, 0.25) is 0 Å². The molecule has 1 aliphatic rings. The van der Waals surface area contributed by atoms with Gasteiger partial charge in [0.2, 0.25) is 5.82 Å². The average molecular weight is 321 g/mol. The minimum Gasteiger partial charge on any atom is -0.347 e. The number of nitrogens with zero attached hydrogens (tertiary/aromatic N) is 4. The molecule has 8 heteroatoms.